The van der Waals surface area contributed by atoms with Gasteiger partial charge in [-0.1, -0.05) is 29.8 Å². The van der Waals surface area contributed by atoms with E-state index in [1.54, 1.807) is 13.0 Å². The molecule has 0 aliphatic carbocycles. The van der Waals surface area contributed by atoms with Gasteiger partial charge in [0.2, 0.25) is 0 Å². The molecule has 1 saturated heterocycles. The second-order valence-corrected chi connectivity index (χ2v) is 6.50. The lowest BCUT2D eigenvalue weighted by Gasteiger charge is -2.26. The first-order valence-corrected chi connectivity index (χ1v) is 8.44. The average Bonchev–Trinajstić information content (AvgIpc) is 3.19. The molecular weight excluding hydrogens is 324 g/mol. The summed E-state index contributed by atoms with van der Waals surface area (Å²) in [5.41, 5.74) is 3.05. The Morgan fingerprint density at radius 1 is 1.29 bits per heavy atom. The lowest BCUT2D eigenvalue weighted by atomic mass is 10.0. The van der Waals surface area contributed by atoms with Crippen molar-refractivity contribution in [3.63, 3.8) is 0 Å². The van der Waals surface area contributed by atoms with Crippen molar-refractivity contribution in [1.29, 1.82) is 0 Å². The van der Waals surface area contributed by atoms with E-state index < -0.39 is 0 Å². The summed E-state index contributed by atoms with van der Waals surface area (Å²) < 4.78 is 5.55. The number of nitrogens with zero attached hydrogens (tertiary/aromatic N) is 2. The zero-order valence-corrected chi connectivity index (χ0v) is 14.1. The fourth-order valence-electron chi connectivity index (χ4n) is 3.42. The van der Waals surface area contributed by atoms with Gasteiger partial charge in [0.25, 0.3) is 5.91 Å². The van der Waals surface area contributed by atoms with Crippen molar-refractivity contribution in [2.75, 3.05) is 6.54 Å². The lowest BCUT2D eigenvalue weighted by Crippen LogP contribution is -2.30. The molecule has 2 heterocycles. The summed E-state index contributed by atoms with van der Waals surface area (Å²) in [6.45, 7) is 2.54. The maximum atomic E-state index is 13.0. The number of hydrogen-bond donors (Lipinski definition) is 0. The van der Waals surface area contributed by atoms with Gasteiger partial charge in [-0.3, -0.25) is 4.79 Å². The predicted molar refractivity (Wildman–Crippen MR) is 93.2 cm³/mol. The van der Waals surface area contributed by atoms with Crippen LogP contribution in [0.15, 0.2) is 46.9 Å². The van der Waals surface area contributed by atoms with Crippen LogP contribution in [0.25, 0.3) is 11.1 Å². The monoisotopic (exact) mass is 340 g/mol. The number of carbonyl (C=O) groups excluding carboxylic acids is 1. The van der Waals surface area contributed by atoms with Crippen molar-refractivity contribution in [1.82, 2.24) is 9.88 Å². The Hall–Kier alpha value is -2.33. The zero-order valence-electron chi connectivity index (χ0n) is 13.3. The van der Waals surface area contributed by atoms with Gasteiger partial charge in [0.05, 0.1) is 6.04 Å². The number of oxazole rings is 1. The molecule has 0 unspecified atom stereocenters. The maximum absolute atomic E-state index is 13.0. The van der Waals surface area contributed by atoms with E-state index in [9.17, 15) is 4.79 Å². The molecule has 0 saturated carbocycles. The van der Waals surface area contributed by atoms with Crippen molar-refractivity contribution in [2.24, 2.45) is 0 Å². The fraction of sp³-hybridized carbons (Fsp3) is 0.263. The number of likely N-dealkylation sites (tertiary alicyclic amines) is 1. The van der Waals surface area contributed by atoms with Crippen LogP contribution in [-0.4, -0.2) is 22.3 Å². The van der Waals surface area contributed by atoms with Crippen molar-refractivity contribution >= 4 is 28.6 Å². The van der Waals surface area contributed by atoms with Crippen LogP contribution >= 0.6 is 11.6 Å². The fourth-order valence-corrected chi connectivity index (χ4v) is 3.68. The zero-order chi connectivity index (χ0) is 16.7. The molecule has 3 aromatic rings. The molecule has 1 aliphatic heterocycles. The minimum absolute atomic E-state index is 0.00775. The van der Waals surface area contributed by atoms with E-state index in [0.717, 1.165) is 30.5 Å². The summed E-state index contributed by atoms with van der Waals surface area (Å²) in [5, 5.41) is 0.712. The number of aromatic nitrogens is 1. The summed E-state index contributed by atoms with van der Waals surface area (Å²) >= 11 is 6.34. The minimum Gasteiger partial charge on any atom is -0.441 e. The highest BCUT2D eigenvalue weighted by Crippen LogP contribution is 2.36. The van der Waals surface area contributed by atoms with Crippen LogP contribution in [-0.2, 0) is 0 Å². The number of aryl methyl sites for hydroxylation is 1. The van der Waals surface area contributed by atoms with Crippen molar-refractivity contribution in [2.45, 2.75) is 25.8 Å². The Morgan fingerprint density at radius 3 is 2.96 bits per heavy atom. The molecule has 4 nitrogen and oxygen atoms in total. The molecule has 5 heteroatoms. The maximum Gasteiger partial charge on any atom is 0.254 e. The van der Waals surface area contributed by atoms with E-state index in [-0.39, 0.29) is 11.9 Å². The first-order valence-electron chi connectivity index (χ1n) is 8.06. The highest BCUT2D eigenvalue weighted by molar-refractivity contribution is 6.31. The average molecular weight is 341 g/mol. The van der Waals surface area contributed by atoms with Gasteiger partial charge in [0, 0.05) is 24.1 Å². The van der Waals surface area contributed by atoms with Gasteiger partial charge in [-0.15, -0.1) is 0 Å². The third kappa shape index (κ3) is 2.57. The molecular formula is C19H17ClN2O2. The largest absolute Gasteiger partial charge is 0.441 e. The van der Waals surface area contributed by atoms with E-state index >= 15 is 0 Å². The van der Waals surface area contributed by atoms with Gasteiger partial charge >= 0.3 is 0 Å². The van der Waals surface area contributed by atoms with Crippen LogP contribution in [0.4, 0.5) is 0 Å². The Labute approximate surface area is 145 Å². The summed E-state index contributed by atoms with van der Waals surface area (Å²) in [7, 11) is 0. The summed E-state index contributed by atoms with van der Waals surface area (Å²) in [5.74, 6) is 0.609. The number of hydrogen-bond acceptors (Lipinski definition) is 3. The van der Waals surface area contributed by atoms with E-state index in [1.807, 2.05) is 41.3 Å². The van der Waals surface area contributed by atoms with Crippen LogP contribution in [0.2, 0.25) is 5.02 Å². The molecule has 1 amide bonds. The number of benzene rings is 2. The van der Waals surface area contributed by atoms with Crippen LogP contribution in [0.1, 0.15) is 40.7 Å². The summed E-state index contributed by atoms with van der Waals surface area (Å²) in [6, 6.07) is 13.2. The Balaban J connectivity index is 1.68. The molecule has 1 atom stereocenters. The van der Waals surface area contributed by atoms with E-state index in [4.69, 9.17) is 16.0 Å². The Morgan fingerprint density at radius 2 is 2.12 bits per heavy atom. The Kier molecular flexibility index (Phi) is 3.77. The molecule has 0 N–H and O–H groups in total. The molecule has 4 rings (SSSR count). The second-order valence-electron chi connectivity index (χ2n) is 6.09. The van der Waals surface area contributed by atoms with Gasteiger partial charge in [-0.05, 0) is 42.7 Å². The third-order valence-corrected chi connectivity index (χ3v) is 4.86. The topological polar surface area (TPSA) is 46.3 Å². The van der Waals surface area contributed by atoms with Crippen LogP contribution < -0.4 is 0 Å². The van der Waals surface area contributed by atoms with Gasteiger partial charge in [0.1, 0.15) is 5.52 Å². The first-order chi connectivity index (χ1) is 11.6. The van der Waals surface area contributed by atoms with Gasteiger partial charge in [0.15, 0.2) is 11.5 Å². The third-order valence-electron chi connectivity index (χ3n) is 4.52. The highest BCUT2D eigenvalue weighted by Gasteiger charge is 2.31. The van der Waals surface area contributed by atoms with Gasteiger partial charge in [-0.2, -0.15) is 0 Å². The molecule has 24 heavy (non-hydrogen) atoms. The van der Waals surface area contributed by atoms with E-state index in [2.05, 4.69) is 4.98 Å². The second kappa shape index (κ2) is 5.95. The minimum atomic E-state index is 0.00775. The molecule has 0 spiro atoms. The SMILES string of the molecule is Cc1nc2ccc(C(=O)N3CCC[C@H]3c3ccccc3Cl)cc2o1. The van der Waals surface area contributed by atoms with Crippen LogP contribution in [0.5, 0.6) is 0 Å². The number of carbonyl (C=O) groups is 1. The number of halogens is 1. The van der Waals surface area contributed by atoms with Gasteiger partial charge in [-0.25, -0.2) is 4.98 Å². The molecule has 2 aromatic carbocycles. The molecule has 1 aromatic heterocycles. The van der Waals surface area contributed by atoms with E-state index in [0.29, 0.717) is 22.1 Å². The smallest absolute Gasteiger partial charge is 0.254 e. The summed E-state index contributed by atoms with van der Waals surface area (Å²) in [4.78, 5) is 19.2. The van der Waals surface area contributed by atoms with E-state index in [1.165, 1.54) is 0 Å². The van der Waals surface area contributed by atoms with Crippen molar-refractivity contribution in [3.05, 3.63) is 64.5 Å². The summed E-state index contributed by atoms with van der Waals surface area (Å²) in [6.07, 6.45) is 1.91. The van der Waals surface area contributed by atoms with Crippen molar-refractivity contribution in [3.8, 4) is 0 Å². The lowest BCUT2D eigenvalue weighted by molar-refractivity contribution is 0.0736. The molecule has 0 bridgehead atoms. The standard InChI is InChI=1S/C19H17ClN2O2/c1-12-21-16-9-8-13(11-18(16)24-12)19(23)22-10-4-7-17(22)14-5-2-3-6-15(14)20/h2-3,5-6,8-9,11,17H,4,7,10H2,1H3/t17-/m0/s1. The molecule has 0 radical (unpaired) electrons. The molecule has 122 valence electrons. The highest BCUT2D eigenvalue weighted by atomic mass is 35.5. The van der Waals surface area contributed by atoms with Gasteiger partial charge < -0.3 is 9.32 Å². The Bertz CT molecular complexity index is 919. The quantitative estimate of drug-likeness (QED) is 0.675. The molecule has 1 aliphatic rings. The van der Waals surface area contributed by atoms with Crippen LogP contribution in [0.3, 0.4) is 0 Å². The normalized spacial score (nSPS) is 17.6. The van der Waals surface area contributed by atoms with Crippen LogP contribution in [0, 0.1) is 6.92 Å². The number of fused-ring (bicyclic) bond motifs is 1. The van der Waals surface area contributed by atoms with Crippen molar-refractivity contribution < 1.29 is 9.21 Å². The number of amides is 1. The molecule has 1 fully saturated rings. The predicted octanol–water partition coefficient (Wildman–Crippen LogP) is 4.77. The number of rotatable bonds is 2. The first kappa shape index (κ1) is 15.2.